The molecule has 0 aromatic carbocycles. The molecule has 0 unspecified atom stereocenters. The summed E-state index contributed by atoms with van der Waals surface area (Å²) in [6.07, 6.45) is 1.59. The maximum Gasteiger partial charge on any atom is 0.172 e. The SMILES string of the molecule is CC1(C)C=C(C#N)C(=C(C#N)C#N)O1. The molecule has 14 heavy (non-hydrogen) atoms. The summed E-state index contributed by atoms with van der Waals surface area (Å²) in [6.45, 7) is 3.51. The van der Waals surface area contributed by atoms with Crippen LogP contribution in [0.2, 0.25) is 0 Å². The predicted octanol–water partition coefficient (Wildman–Crippen LogP) is 1.55. The summed E-state index contributed by atoms with van der Waals surface area (Å²) < 4.78 is 5.32. The van der Waals surface area contributed by atoms with E-state index in [0.29, 0.717) is 0 Å². The van der Waals surface area contributed by atoms with Gasteiger partial charge < -0.3 is 4.74 Å². The summed E-state index contributed by atoms with van der Waals surface area (Å²) >= 11 is 0. The van der Waals surface area contributed by atoms with Crippen molar-refractivity contribution >= 4 is 0 Å². The van der Waals surface area contributed by atoms with Gasteiger partial charge in [0.05, 0.1) is 5.57 Å². The number of hydrogen-bond donors (Lipinski definition) is 0. The van der Waals surface area contributed by atoms with Gasteiger partial charge >= 0.3 is 0 Å². The van der Waals surface area contributed by atoms with E-state index in [2.05, 4.69) is 0 Å². The zero-order valence-corrected chi connectivity index (χ0v) is 7.83. The number of nitrogens with zero attached hydrogens (tertiary/aromatic N) is 3. The molecule has 4 heteroatoms. The Morgan fingerprint density at radius 1 is 1.29 bits per heavy atom. The first-order chi connectivity index (χ1) is 6.54. The molecule has 0 amide bonds. The van der Waals surface area contributed by atoms with E-state index < -0.39 is 5.60 Å². The third-order valence-corrected chi connectivity index (χ3v) is 1.67. The number of ether oxygens (including phenoxy) is 1. The Kier molecular flexibility index (Phi) is 2.28. The fraction of sp³-hybridized carbons (Fsp3) is 0.300. The molecule has 1 aliphatic heterocycles. The first kappa shape index (κ1) is 9.84. The molecule has 0 N–H and O–H groups in total. The minimum atomic E-state index is -0.626. The molecule has 1 rings (SSSR count). The minimum Gasteiger partial charge on any atom is -0.480 e. The van der Waals surface area contributed by atoms with Crippen LogP contribution in [0.1, 0.15) is 13.8 Å². The molecule has 1 aliphatic rings. The summed E-state index contributed by atoms with van der Waals surface area (Å²) in [5, 5.41) is 26.0. The summed E-state index contributed by atoms with van der Waals surface area (Å²) in [4.78, 5) is 0. The van der Waals surface area contributed by atoms with E-state index in [1.165, 1.54) is 0 Å². The van der Waals surface area contributed by atoms with Gasteiger partial charge in [0.2, 0.25) is 0 Å². The number of allylic oxidation sites excluding steroid dienone is 2. The topological polar surface area (TPSA) is 80.6 Å². The third kappa shape index (κ3) is 1.58. The van der Waals surface area contributed by atoms with Crippen LogP contribution in [-0.2, 0) is 4.74 Å². The summed E-state index contributed by atoms with van der Waals surface area (Å²) in [7, 11) is 0. The lowest BCUT2D eigenvalue weighted by Crippen LogP contribution is -2.15. The molecule has 0 fully saturated rings. The fourth-order valence-corrected chi connectivity index (χ4v) is 1.16. The number of nitriles is 3. The highest BCUT2D eigenvalue weighted by molar-refractivity contribution is 5.54. The van der Waals surface area contributed by atoms with Crippen molar-refractivity contribution < 1.29 is 4.74 Å². The van der Waals surface area contributed by atoms with Crippen LogP contribution >= 0.6 is 0 Å². The maximum atomic E-state index is 8.76. The zero-order chi connectivity index (χ0) is 10.8. The molecule has 68 valence electrons. The van der Waals surface area contributed by atoms with Crippen molar-refractivity contribution in [1.82, 2.24) is 0 Å². The highest BCUT2D eigenvalue weighted by Crippen LogP contribution is 2.32. The average Bonchev–Trinajstić information content (AvgIpc) is 2.44. The van der Waals surface area contributed by atoms with E-state index in [1.54, 1.807) is 32.1 Å². The lowest BCUT2D eigenvalue weighted by atomic mass is 10.1. The van der Waals surface area contributed by atoms with E-state index in [0.717, 1.165) is 0 Å². The second-order valence-electron chi connectivity index (χ2n) is 3.30. The molecule has 4 nitrogen and oxygen atoms in total. The van der Waals surface area contributed by atoms with Crippen molar-refractivity contribution in [3.05, 3.63) is 23.0 Å². The largest absolute Gasteiger partial charge is 0.480 e. The van der Waals surface area contributed by atoms with Crippen molar-refractivity contribution in [2.75, 3.05) is 0 Å². The van der Waals surface area contributed by atoms with Gasteiger partial charge in [-0.1, -0.05) is 0 Å². The van der Waals surface area contributed by atoms with Crippen LogP contribution in [0.4, 0.5) is 0 Å². The highest BCUT2D eigenvalue weighted by Gasteiger charge is 2.31. The smallest absolute Gasteiger partial charge is 0.172 e. The Bertz CT molecular complexity index is 433. The van der Waals surface area contributed by atoms with Crippen LogP contribution in [-0.4, -0.2) is 5.60 Å². The van der Waals surface area contributed by atoms with Gasteiger partial charge in [-0.05, 0) is 19.9 Å². The Morgan fingerprint density at radius 2 is 1.86 bits per heavy atom. The zero-order valence-electron chi connectivity index (χ0n) is 7.83. The Hall–Kier alpha value is -2.25. The van der Waals surface area contributed by atoms with Crippen LogP contribution in [0.15, 0.2) is 23.0 Å². The molecule has 0 radical (unpaired) electrons. The van der Waals surface area contributed by atoms with Crippen LogP contribution in [0.5, 0.6) is 0 Å². The summed E-state index contributed by atoms with van der Waals surface area (Å²) in [6, 6.07) is 5.29. The van der Waals surface area contributed by atoms with Gasteiger partial charge in [0.15, 0.2) is 11.3 Å². The molecule has 0 saturated heterocycles. The summed E-state index contributed by atoms with van der Waals surface area (Å²) in [5.74, 6) is 0.0856. The lowest BCUT2D eigenvalue weighted by Gasteiger charge is -2.15. The van der Waals surface area contributed by atoms with Crippen LogP contribution in [0.3, 0.4) is 0 Å². The van der Waals surface area contributed by atoms with Gasteiger partial charge in [-0.25, -0.2) is 0 Å². The first-order valence-electron chi connectivity index (χ1n) is 3.91. The molecular formula is C10H7N3O. The molecule has 1 heterocycles. The van der Waals surface area contributed by atoms with Crippen molar-refractivity contribution in [3.63, 3.8) is 0 Å². The number of rotatable bonds is 0. The molecule has 0 spiro atoms. The molecule has 0 bridgehead atoms. The maximum absolute atomic E-state index is 8.76. The third-order valence-electron chi connectivity index (χ3n) is 1.67. The van der Waals surface area contributed by atoms with Gasteiger partial charge in [0.1, 0.15) is 23.8 Å². The molecular weight excluding hydrogens is 178 g/mol. The Labute approximate surface area is 81.9 Å². The second-order valence-corrected chi connectivity index (χ2v) is 3.30. The van der Waals surface area contributed by atoms with Crippen molar-refractivity contribution in [3.8, 4) is 18.2 Å². The van der Waals surface area contributed by atoms with Crippen LogP contribution < -0.4 is 0 Å². The highest BCUT2D eigenvalue weighted by atomic mass is 16.5. The van der Waals surface area contributed by atoms with Gasteiger partial charge in [-0.2, -0.15) is 15.8 Å². The van der Waals surface area contributed by atoms with Crippen molar-refractivity contribution in [2.45, 2.75) is 19.4 Å². The second kappa shape index (κ2) is 3.24. The first-order valence-corrected chi connectivity index (χ1v) is 3.91. The molecule has 0 aromatic heterocycles. The molecule has 0 aromatic rings. The van der Waals surface area contributed by atoms with E-state index in [1.807, 2.05) is 6.07 Å². The van der Waals surface area contributed by atoms with E-state index in [-0.39, 0.29) is 16.9 Å². The molecule has 0 atom stereocenters. The predicted molar refractivity (Wildman–Crippen MR) is 47.1 cm³/mol. The van der Waals surface area contributed by atoms with Gasteiger partial charge in [-0.3, -0.25) is 0 Å². The van der Waals surface area contributed by atoms with Crippen molar-refractivity contribution in [2.24, 2.45) is 0 Å². The average molecular weight is 185 g/mol. The number of hydrogen-bond acceptors (Lipinski definition) is 4. The van der Waals surface area contributed by atoms with Crippen LogP contribution in [0.25, 0.3) is 0 Å². The normalized spacial score (nSPS) is 17.1. The standard InChI is InChI=1S/C10H7N3O/c1-10(2)3-7(4-11)9(14-10)8(5-12)6-13/h3H,1-2H3. The molecule has 0 aliphatic carbocycles. The van der Waals surface area contributed by atoms with Gasteiger partial charge in [0, 0.05) is 0 Å². The minimum absolute atomic E-state index is 0.0856. The van der Waals surface area contributed by atoms with E-state index in [9.17, 15) is 0 Å². The monoisotopic (exact) mass is 185 g/mol. The van der Waals surface area contributed by atoms with E-state index in [4.69, 9.17) is 20.5 Å². The Morgan fingerprint density at radius 3 is 2.29 bits per heavy atom. The fourth-order valence-electron chi connectivity index (χ4n) is 1.16. The quantitative estimate of drug-likeness (QED) is 0.536. The van der Waals surface area contributed by atoms with Crippen molar-refractivity contribution in [1.29, 1.82) is 15.8 Å². The van der Waals surface area contributed by atoms with Gasteiger partial charge in [0.25, 0.3) is 0 Å². The lowest BCUT2D eigenvalue weighted by molar-refractivity contribution is 0.102. The van der Waals surface area contributed by atoms with E-state index >= 15 is 0 Å². The van der Waals surface area contributed by atoms with Gasteiger partial charge in [-0.15, -0.1) is 0 Å². The van der Waals surface area contributed by atoms with Crippen LogP contribution in [0, 0.1) is 34.0 Å². The molecule has 0 saturated carbocycles. The Balaban J connectivity index is 3.30. The summed E-state index contributed by atoms with van der Waals surface area (Å²) in [5.41, 5.74) is -0.546.